The Morgan fingerprint density at radius 2 is 1.81 bits per heavy atom. The molecule has 0 fully saturated rings. The van der Waals surface area contributed by atoms with Crippen LogP contribution < -0.4 is 5.63 Å². The van der Waals surface area contributed by atoms with Gasteiger partial charge in [-0.3, -0.25) is 0 Å². The molecule has 2 rings (SSSR count). The van der Waals surface area contributed by atoms with E-state index in [2.05, 4.69) is 13.0 Å². The fourth-order valence-electron chi connectivity index (χ4n) is 1.42. The molecule has 0 spiro atoms. The van der Waals surface area contributed by atoms with Gasteiger partial charge >= 0.3 is 5.63 Å². The fourth-order valence-corrected chi connectivity index (χ4v) is 1.42. The monoisotopic (exact) mass is 218 g/mol. The lowest BCUT2D eigenvalue weighted by Crippen LogP contribution is -2.04. The van der Waals surface area contributed by atoms with Crippen molar-refractivity contribution in [3.63, 3.8) is 0 Å². The molecular weight excluding hydrogens is 200 g/mol. The molecule has 1 aromatic rings. The van der Waals surface area contributed by atoms with E-state index in [-0.39, 0.29) is 5.63 Å². The van der Waals surface area contributed by atoms with Gasteiger partial charge in [0, 0.05) is 11.1 Å². The molecular formula is C14H18O2. The van der Waals surface area contributed by atoms with Crippen LogP contribution in [0.25, 0.3) is 12.2 Å². The van der Waals surface area contributed by atoms with Crippen molar-refractivity contribution in [3.8, 4) is 0 Å². The number of hydrogen-bond donors (Lipinski definition) is 0. The molecule has 2 nitrogen and oxygen atoms in total. The summed E-state index contributed by atoms with van der Waals surface area (Å²) >= 11 is 0. The third kappa shape index (κ3) is 2.72. The summed E-state index contributed by atoms with van der Waals surface area (Å²) in [7, 11) is 0. The zero-order valence-corrected chi connectivity index (χ0v) is 10.3. The van der Waals surface area contributed by atoms with Gasteiger partial charge in [-0.05, 0) is 25.0 Å². The van der Waals surface area contributed by atoms with Gasteiger partial charge in [0.1, 0.15) is 5.76 Å². The summed E-state index contributed by atoms with van der Waals surface area (Å²) in [6.45, 7) is 7.85. The van der Waals surface area contributed by atoms with Gasteiger partial charge in [0.2, 0.25) is 0 Å². The van der Waals surface area contributed by atoms with Crippen LogP contribution in [0.2, 0.25) is 0 Å². The highest BCUT2D eigenvalue weighted by atomic mass is 16.4. The lowest BCUT2D eigenvalue weighted by Gasteiger charge is -1.98. The Kier molecular flexibility index (Phi) is 4.29. The van der Waals surface area contributed by atoms with Gasteiger partial charge in [-0.15, -0.1) is 0 Å². The first-order chi connectivity index (χ1) is 7.66. The lowest BCUT2D eigenvalue weighted by atomic mass is 10.1. The van der Waals surface area contributed by atoms with Crippen LogP contribution >= 0.6 is 0 Å². The molecule has 0 amide bonds. The first-order valence-corrected chi connectivity index (χ1v) is 5.68. The summed E-state index contributed by atoms with van der Waals surface area (Å²) in [5.41, 5.74) is 1.37. The van der Waals surface area contributed by atoms with Gasteiger partial charge in [-0.25, -0.2) is 4.79 Å². The molecule has 1 aromatic heterocycles. The summed E-state index contributed by atoms with van der Waals surface area (Å²) in [5, 5.41) is 0. The van der Waals surface area contributed by atoms with Crippen LogP contribution in [0.15, 0.2) is 27.4 Å². The van der Waals surface area contributed by atoms with E-state index in [4.69, 9.17) is 4.42 Å². The van der Waals surface area contributed by atoms with Crippen LogP contribution in [0.3, 0.4) is 0 Å². The minimum atomic E-state index is -0.253. The predicted octanol–water partition coefficient (Wildman–Crippen LogP) is 3.65. The van der Waals surface area contributed by atoms with Gasteiger partial charge in [0.25, 0.3) is 0 Å². The van der Waals surface area contributed by atoms with E-state index >= 15 is 0 Å². The van der Waals surface area contributed by atoms with E-state index in [1.54, 1.807) is 6.92 Å². The fraction of sp³-hybridized carbons (Fsp3) is 0.357. The van der Waals surface area contributed by atoms with E-state index in [0.29, 0.717) is 17.2 Å². The Bertz CT molecular complexity index is 464. The summed E-state index contributed by atoms with van der Waals surface area (Å²) in [6, 6.07) is 1.86. The molecule has 1 heterocycles. The zero-order chi connectivity index (χ0) is 12.1. The second kappa shape index (κ2) is 5.50. The van der Waals surface area contributed by atoms with Crippen molar-refractivity contribution in [1.82, 2.24) is 0 Å². The molecule has 0 saturated heterocycles. The molecule has 0 aliphatic heterocycles. The van der Waals surface area contributed by atoms with E-state index in [9.17, 15) is 4.79 Å². The Morgan fingerprint density at radius 1 is 1.19 bits per heavy atom. The zero-order valence-electron chi connectivity index (χ0n) is 10.3. The van der Waals surface area contributed by atoms with Crippen molar-refractivity contribution in [3.05, 3.63) is 45.5 Å². The highest BCUT2D eigenvalue weighted by Crippen LogP contribution is 2.18. The maximum atomic E-state index is 11.3. The van der Waals surface area contributed by atoms with Crippen LogP contribution in [0, 0.1) is 12.8 Å². The van der Waals surface area contributed by atoms with Crippen molar-refractivity contribution in [2.75, 3.05) is 0 Å². The van der Waals surface area contributed by atoms with Crippen LogP contribution in [-0.4, -0.2) is 0 Å². The van der Waals surface area contributed by atoms with Crippen LogP contribution in [0.1, 0.15) is 37.7 Å². The number of aryl methyl sites for hydroxylation is 1. The molecule has 0 bridgehead atoms. The summed E-state index contributed by atoms with van der Waals surface area (Å²) in [5.74, 6) is 1.04. The topological polar surface area (TPSA) is 30.2 Å². The maximum absolute atomic E-state index is 11.3. The van der Waals surface area contributed by atoms with E-state index < -0.39 is 0 Å². The molecule has 16 heavy (non-hydrogen) atoms. The molecule has 0 saturated carbocycles. The van der Waals surface area contributed by atoms with E-state index in [0.717, 1.165) is 5.56 Å². The minimum Gasteiger partial charge on any atom is -0.423 e. The molecule has 1 aliphatic rings. The third-order valence-electron chi connectivity index (χ3n) is 2.31. The smallest absolute Gasteiger partial charge is 0.339 e. The van der Waals surface area contributed by atoms with Crippen molar-refractivity contribution in [2.24, 2.45) is 5.92 Å². The quantitative estimate of drug-likeness (QED) is 0.665. The minimum absolute atomic E-state index is 0.253. The summed E-state index contributed by atoms with van der Waals surface area (Å²) in [4.78, 5) is 11.3. The summed E-state index contributed by atoms with van der Waals surface area (Å²) in [6.07, 6.45) is 7.96. The van der Waals surface area contributed by atoms with Crippen molar-refractivity contribution < 1.29 is 4.42 Å². The van der Waals surface area contributed by atoms with Crippen molar-refractivity contribution in [1.29, 1.82) is 0 Å². The highest BCUT2D eigenvalue weighted by Gasteiger charge is 2.06. The first kappa shape index (κ1) is 12.5. The molecule has 1 aliphatic carbocycles. The largest absolute Gasteiger partial charge is 0.423 e. The van der Waals surface area contributed by atoms with E-state index in [1.807, 2.05) is 38.1 Å². The van der Waals surface area contributed by atoms with E-state index in [1.165, 1.54) is 0 Å². The molecule has 0 N–H and O–H groups in total. The van der Waals surface area contributed by atoms with Crippen LogP contribution in [0.5, 0.6) is 0 Å². The molecule has 1 atom stereocenters. The number of rotatable bonds is 0. The average molecular weight is 218 g/mol. The average Bonchev–Trinajstić information content (AvgIpc) is 2.46. The van der Waals surface area contributed by atoms with Crippen molar-refractivity contribution >= 4 is 12.2 Å². The molecule has 1 unspecified atom stereocenters. The Hall–Kier alpha value is -1.57. The first-order valence-electron chi connectivity index (χ1n) is 5.68. The lowest BCUT2D eigenvalue weighted by molar-refractivity contribution is 0.495. The third-order valence-corrected chi connectivity index (χ3v) is 2.31. The van der Waals surface area contributed by atoms with Crippen molar-refractivity contribution in [2.45, 2.75) is 27.7 Å². The van der Waals surface area contributed by atoms with Gasteiger partial charge in [0.15, 0.2) is 0 Å². The van der Waals surface area contributed by atoms with Crippen LogP contribution in [-0.2, 0) is 0 Å². The highest BCUT2D eigenvalue weighted by molar-refractivity contribution is 5.64. The predicted molar refractivity (Wildman–Crippen MR) is 68.3 cm³/mol. The summed E-state index contributed by atoms with van der Waals surface area (Å²) < 4.78 is 5.17. The molecule has 0 radical (unpaired) electrons. The van der Waals surface area contributed by atoms with Crippen LogP contribution in [0.4, 0.5) is 0 Å². The van der Waals surface area contributed by atoms with Gasteiger partial charge < -0.3 is 4.42 Å². The normalized spacial score (nSPS) is 17.1. The molecule has 86 valence electrons. The Morgan fingerprint density at radius 3 is 2.50 bits per heavy atom. The second-order valence-corrected chi connectivity index (χ2v) is 3.61. The Balaban J connectivity index is 0.000000606. The molecule has 2 heteroatoms. The van der Waals surface area contributed by atoms with Gasteiger partial charge in [0.05, 0.1) is 0 Å². The maximum Gasteiger partial charge on any atom is 0.339 e. The second-order valence-electron chi connectivity index (χ2n) is 3.61. The Labute approximate surface area is 96.3 Å². The SMILES string of the molecule is CC.Cc1cc2c(oc1=O)C=CC(C)C=C2. The number of fused-ring (bicyclic) bond motifs is 1. The number of allylic oxidation sites excluding steroid dienone is 2. The molecule has 0 aromatic carbocycles. The standard InChI is InChI=1S/C12H12O2.C2H6/c1-8-3-5-10-7-9(2)12(13)14-11(10)6-4-8;1-2/h3-8H,1-2H3;1-2H3. The van der Waals surface area contributed by atoms with Gasteiger partial charge in [-0.1, -0.05) is 39.0 Å². The number of hydrogen-bond acceptors (Lipinski definition) is 2. The van der Waals surface area contributed by atoms with Gasteiger partial charge in [-0.2, -0.15) is 0 Å².